The number of benzene rings is 1. The van der Waals surface area contributed by atoms with Crippen LogP contribution < -0.4 is 11.1 Å². The molecule has 0 atom stereocenters. The van der Waals surface area contributed by atoms with Gasteiger partial charge in [0.1, 0.15) is 5.82 Å². The third kappa shape index (κ3) is 3.21. The molecule has 0 saturated carbocycles. The molecule has 1 heterocycles. The molecule has 0 radical (unpaired) electrons. The highest BCUT2D eigenvalue weighted by Crippen LogP contribution is 2.18. The summed E-state index contributed by atoms with van der Waals surface area (Å²) in [4.78, 5) is 4.08. The maximum absolute atomic E-state index is 8.95. The average Bonchev–Trinajstić information content (AvgIpc) is 2.37. The minimum atomic E-state index is -0.101. The van der Waals surface area contributed by atoms with Crippen LogP contribution in [-0.4, -0.2) is 10.1 Å². The van der Waals surface area contributed by atoms with Gasteiger partial charge in [-0.1, -0.05) is 28.1 Å². The first-order valence-electron chi connectivity index (χ1n) is 5.53. The Balaban J connectivity index is 2.06. The fourth-order valence-corrected chi connectivity index (χ4v) is 2.05. The SMILES string of the molecule is Nc1nc(CO)ccc1NCc1cccc(Br)c1. The van der Waals surface area contributed by atoms with E-state index in [1.54, 1.807) is 6.07 Å². The molecule has 1 aromatic heterocycles. The maximum atomic E-state index is 8.95. The van der Waals surface area contributed by atoms with Gasteiger partial charge in [-0.3, -0.25) is 0 Å². The van der Waals surface area contributed by atoms with Crippen LogP contribution in [0.1, 0.15) is 11.3 Å². The van der Waals surface area contributed by atoms with Crippen LogP contribution in [0.5, 0.6) is 0 Å². The van der Waals surface area contributed by atoms with Crippen LogP contribution in [-0.2, 0) is 13.2 Å². The number of hydrogen-bond acceptors (Lipinski definition) is 4. The van der Waals surface area contributed by atoms with Crippen molar-refractivity contribution in [2.24, 2.45) is 0 Å². The minimum Gasteiger partial charge on any atom is -0.390 e. The van der Waals surface area contributed by atoms with Gasteiger partial charge in [-0.25, -0.2) is 4.98 Å². The number of aromatic nitrogens is 1. The number of aliphatic hydroxyl groups excluding tert-OH is 1. The van der Waals surface area contributed by atoms with E-state index in [0.717, 1.165) is 15.7 Å². The predicted molar refractivity (Wildman–Crippen MR) is 76.0 cm³/mol. The van der Waals surface area contributed by atoms with E-state index in [2.05, 4.69) is 26.2 Å². The standard InChI is InChI=1S/C13H14BrN3O/c14-10-3-1-2-9(6-10)7-16-12-5-4-11(8-18)17-13(12)15/h1-6,16,18H,7-8H2,(H2,15,17). The zero-order valence-electron chi connectivity index (χ0n) is 9.73. The fourth-order valence-electron chi connectivity index (χ4n) is 1.60. The first-order chi connectivity index (χ1) is 8.69. The van der Waals surface area contributed by atoms with E-state index in [1.807, 2.05) is 30.3 Å². The quantitative estimate of drug-likeness (QED) is 0.812. The topological polar surface area (TPSA) is 71.2 Å². The second kappa shape index (κ2) is 5.84. The minimum absolute atomic E-state index is 0.101. The highest BCUT2D eigenvalue weighted by molar-refractivity contribution is 9.10. The van der Waals surface area contributed by atoms with Crippen LogP contribution in [0.15, 0.2) is 40.9 Å². The summed E-state index contributed by atoms with van der Waals surface area (Å²) >= 11 is 3.43. The highest BCUT2D eigenvalue weighted by atomic mass is 79.9. The van der Waals surface area contributed by atoms with Gasteiger partial charge in [0.15, 0.2) is 0 Å². The molecule has 0 aliphatic rings. The lowest BCUT2D eigenvalue weighted by atomic mass is 10.2. The Morgan fingerprint density at radius 2 is 2.11 bits per heavy atom. The molecule has 0 fully saturated rings. The summed E-state index contributed by atoms with van der Waals surface area (Å²) in [6.07, 6.45) is 0. The van der Waals surface area contributed by atoms with Crippen molar-refractivity contribution in [3.05, 3.63) is 52.1 Å². The molecule has 0 saturated heterocycles. The van der Waals surface area contributed by atoms with Gasteiger partial charge in [0.2, 0.25) is 0 Å². The van der Waals surface area contributed by atoms with Crippen molar-refractivity contribution in [1.29, 1.82) is 0 Å². The summed E-state index contributed by atoms with van der Waals surface area (Å²) in [5.41, 5.74) is 8.29. The van der Waals surface area contributed by atoms with Gasteiger partial charge in [0.25, 0.3) is 0 Å². The molecular formula is C13H14BrN3O. The van der Waals surface area contributed by atoms with Crippen LogP contribution in [0.25, 0.3) is 0 Å². The normalized spacial score (nSPS) is 10.3. The lowest BCUT2D eigenvalue weighted by Crippen LogP contribution is -2.05. The Labute approximate surface area is 114 Å². The Morgan fingerprint density at radius 1 is 1.28 bits per heavy atom. The zero-order valence-corrected chi connectivity index (χ0v) is 11.3. The van der Waals surface area contributed by atoms with Crippen molar-refractivity contribution >= 4 is 27.4 Å². The van der Waals surface area contributed by atoms with E-state index in [4.69, 9.17) is 10.8 Å². The van der Waals surface area contributed by atoms with Gasteiger partial charge in [-0.15, -0.1) is 0 Å². The summed E-state index contributed by atoms with van der Waals surface area (Å²) in [5, 5.41) is 12.2. The zero-order chi connectivity index (χ0) is 13.0. The average molecular weight is 308 g/mol. The number of aliphatic hydroxyl groups is 1. The summed E-state index contributed by atoms with van der Waals surface area (Å²) in [5.74, 6) is 0.400. The van der Waals surface area contributed by atoms with E-state index in [0.29, 0.717) is 18.1 Å². The monoisotopic (exact) mass is 307 g/mol. The smallest absolute Gasteiger partial charge is 0.147 e. The van der Waals surface area contributed by atoms with Crippen LogP contribution in [0.3, 0.4) is 0 Å². The van der Waals surface area contributed by atoms with Crippen molar-refractivity contribution < 1.29 is 5.11 Å². The van der Waals surface area contributed by atoms with Gasteiger partial charge in [-0.05, 0) is 29.8 Å². The number of nitrogens with zero attached hydrogens (tertiary/aromatic N) is 1. The van der Waals surface area contributed by atoms with Gasteiger partial charge in [0.05, 0.1) is 18.0 Å². The van der Waals surface area contributed by atoms with Gasteiger partial charge in [0, 0.05) is 11.0 Å². The number of nitrogens with two attached hydrogens (primary N) is 1. The first kappa shape index (κ1) is 12.9. The number of pyridine rings is 1. The molecule has 0 spiro atoms. The van der Waals surface area contributed by atoms with E-state index in [1.165, 1.54) is 0 Å². The van der Waals surface area contributed by atoms with Crippen LogP contribution in [0.4, 0.5) is 11.5 Å². The van der Waals surface area contributed by atoms with E-state index < -0.39 is 0 Å². The number of hydrogen-bond donors (Lipinski definition) is 3. The molecule has 2 aromatic rings. The number of anilines is 2. The Bertz CT molecular complexity index is 546. The number of nitrogens with one attached hydrogen (secondary N) is 1. The molecule has 94 valence electrons. The van der Waals surface area contributed by atoms with Gasteiger partial charge >= 0.3 is 0 Å². The molecule has 5 heteroatoms. The summed E-state index contributed by atoms with van der Waals surface area (Å²) in [6.45, 7) is 0.569. The van der Waals surface area contributed by atoms with E-state index in [-0.39, 0.29) is 6.61 Å². The lowest BCUT2D eigenvalue weighted by Gasteiger charge is -2.09. The van der Waals surface area contributed by atoms with Crippen molar-refractivity contribution in [2.45, 2.75) is 13.2 Å². The summed E-state index contributed by atoms with van der Waals surface area (Å²) in [7, 11) is 0. The number of halogens is 1. The largest absolute Gasteiger partial charge is 0.390 e. The molecule has 0 amide bonds. The van der Waals surface area contributed by atoms with Crippen molar-refractivity contribution in [2.75, 3.05) is 11.1 Å². The van der Waals surface area contributed by atoms with Crippen LogP contribution in [0, 0.1) is 0 Å². The lowest BCUT2D eigenvalue weighted by molar-refractivity contribution is 0.277. The molecule has 4 N–H and O–H groups in total. The Kier molecular flexibility index (Phi) is 4.17. The molecule has 1 aromatic carbocycles. The molecular weight excluding hydrogens is 294 g/mol. The van der Waals surface area contributed by atoms with E-state index >= 15 is 0 Å². The molecule has 0 aliphatic heterocycles. The van der Waals surface area contributed by atoms with Crippen molar-refractivity contribution in [3.8, 4) is 0 Å². The van der Waals surface area contributed by atoms with Crippen LogP contribution in [0.2, 0.25) is 0 Å². The predicted octanol–water partition coefficient (Wildman–Crippen LogP) is 2.53. The van der Waals surface area contributed by atoms with Crippen molar-refractivity contribution in [3.63, 3.8) is 0 Å². The molecule has 0 aliphatic carbocycles. The highest BCUT2D eigenvalue weighted by Gasteiger charge is 2.02. The molecule has 2 rings (SSSR count). The second-order valence-corrected chi connectivity index (χ2v) is 4.79. The third-order valence-corrected chi connectivity index (χ3v) is 3.01. The Hall–Kier alpha value is -1.59. The van der Waals surface area contributed by atoms with Gasteiger partial charge in [-0.2, -0.15) is 0 Å². The molecule has 18 heavy (non-hydrogen) atoms. The summed E-state index contributed by atoms with van der Waals surface area (Å²) in [6, 6.07) is 11.6. The van der Waals surface area contributed by atoms with Gasteiger partial charge < -0.3 is 16.2 Å². The second-order valence-electron chi connectivity index (χ2n) is 3.88. The molecule has 4 nitrogen and oxygen atoms in total. The number of nitrogen functional groups attached to an aromatic ring is 1. The summed E-state index contributed by atoms with van der Waals surface area (Å²) < 4.78 is 1.04. The number of rotatable bonds is 4. The fraction of sp³-hybridized carbons (Fsp3) is 0.154. The molecule has 0 bridgehead atoms. The van der Waals surface area contributed by atoms with Crippen molar-refractivity contribution in [1.82, 2.24) is 4.98 Å². The Morgan fingerprint density at radius 3 is 2.78 bits per heavy atom. The van der Waals surface area contributed by atoms with E-state index in [9.17, 15) is 0 Å². The third-order valence-electron chi connectivity index (χ3n) is 2.52. The molecule has 0 unspecified atom stereocenters. The first-order valence-corrected chi connectivity index (χ1v) is 6.33. The maximum Gasteiger partial charge on any atom is 0.147 e. The van der Waals surface area contributed by atoms with Crippen LogP contribution >= 0.6 is 15.9 Å².